The number of fused-ring (bicyclic) bond motifs is 1. The zero-order valence-corrected chi connectivity index (χ0v) is 14.8. The molecule has 2 heterocycles. The highest BCUT2D eigenvalue weighted by Gasteiger charge is 2.12. The van der Waals surface area contributed by atoms with Crippen LogP contribution in [-0.4, -0.2) is 19.7 Å². The van der Waals surface area contributed by atoms with Crippen LogP contribution in [0.2, 0.25) is 10.0 Å². The van der Waals surface area contributed by atoms with Crippen molar-refractivity contribution < 1.29 is 0 Å². The number of hydrogen-bond acceptors (Lipinski definition) is 4. The molecule has 0 aliphatic rings. The fourth-order valence-electron chi connectivity index (χ4n) is 2.61. The highest BCUT2D eigenvalue weighted by molar-refractivity contribution is 6.42. The molecule has 0 fully saturated rings. The maximum atomic E-state index is 6.12. The number of benzene rings is 2. The predicted molar refractivity (Wildman–Crippen MR) is 101 cm³/mol. The van der Waals surface area contributed by atoms with Gasteiger partial charge in [0.1, 0.15) is 12.1 Å². The molecule has 4 rings (SSSR count). The third-order valence-electron chi connectivity index (χ3n) is 3.79. The summed E-state index contributed by atoms with van der Waals surface area (Å²) in [5.41, 5.74) is 3.59. The average molecular weight is 370 g/mol. The first-order chi connectivity index (χ1) is 12.1. The highest BCUT2D eigenvalue weighted by Crippen LogP contribution is 2.28. The molecule has 0 aliphatic heterocycles. The molecule has 0 aliphatic carbocycles. The molecule has 25 heavy (non-hydrogen) atoms. The molecule has 0 bridgehead atoms. The summed E-state index contributed by atoms with van der Waals surface area (Å²) in [5, 5.41) is 9.53. The van der Waals surface area contributed by atoms with Gasteiger partial charge in [0.05, 0.1) is 27.3 Å². The lowest BCUT2D eigenvalue weighted by Crippen LogP contribution is -1.99. The molecule has 5 nitrogen and oxygen atoms in total. The van der Waals surface area contributed by atoms with Crippen molar-refractivity contribution in [1.29, 1.82) is 0 Å². The van der Waals surface area contributed by atoms with Crippen molar-refractivity contribution in [3.63, 3.8) is 0 Å². The van der Waals surface area contributed by atoms with E-state index in [1.807, 2.05) is 31.2 Å². The summed E-state index contributed by atoms with van der Waals surface area (Å²) in [6.45, 7) is 2.04. The number of halogens is 2. The van der Waals surface area contributed by atoms with E-state index in [4.69, 9.17) is 23.2 Å². The molecular formula is C18H13Cl2N5. The SMILES string of the molecule is Cc1cccc(Nc2ncnc3c2cnn3-c2ccc(Cl)c(Cl)c2)c1. The van der Waals surface area contributed by atoms with E-state index in [1.165, 1.54) is 11.9 Å². The monoisotopic (exact) mass is 369 g/mol. The summed E-state index contributed by atoms with van der Waals surface area (Å²) in [5.74, 6) is 0.696. The van der Waals surface area contributed by atoms with Gasteiger partial charge >= 0.3 is 0 Å². The van der Waals surface area contributed by atoms with E-state index < -0.39 is 0 Å². The van der Waals surface area contributed by atoms with Crippen molar-refractivity contribution in [2.75, 3.05) is 5.32 Å². The van der Waals surface area contributed by atoms with Gasteiger partial charge in [-0.1, -0.05) is 35.3 Å². The minimum atomic E-state index is 0.468. The molecule has 2 aromatic carbocycles. The summed E-state index contributed by atoms with van der Waals surface area (Å²) in [6, 6.07) is 13.4. The second-order valence-corrected chi connectivity index (χ2v) is 6.42. The van der Waals surface area contributed by atoms with Crippen LogP contribution in [0.1, 0.15) is 5.56 Å². The Labute approximate surface area is 154 Å². The molecular weight excluding hydrogens is 357 g/mol. The van der Waals surface area contributed by atoms with Gasteiger partial charge in [-0.05, 0) is 42.8 Å². The van der Waals surface area contributed by atoms with E-state index in [1.54, 1.807) is 23.0 Å². The summed E-state index contributed by atoms with van der Waals surface area (Å²) in [6.07, 6.45) is 3.24. The number of hydrogen-bond donors (Lipinski definition) is 1. The zero-order valence-electron chi connectivity index (χ0n) is 13.2. The molecule has 2 aromatic heterocycles. The van der Waals surface area contributed by atoms with Crippen LogP contribution in [0, 0.1) is 6.92 Å². The van der Waals surface area contributed by atoms with E-state index in [0.29, 0.717) is 21.5 Å². The number of aryl methyl sites for hydroxylation is 1. The fourth-order valence-corrected chi connectivity index (χ4v) is 2.90. The third-order valence-corrected chi connectivity index (χ3v) is 4.53. The molecule has 0 saturated heterocycles. The summed E-state index contributed by atoms with van der Waals surface area (Å²) >= 11 is 12.1. The fraction of sp³-hybridized carbons (Fsp3) is 0.0556. The van der Waals surface area contributed by atoms with Crippen LogP contribution in [-0.2, 0) is 0 Å². The molecule has 124 valence electrons. The second kappa shape index (κ2) is 6.35. The second-order valence-electron chi connectivity index (χ2n) is 5.61. The maximum Gasteiger partial charge on any atom is 0.168 e. The Hall–Kier alpha value is -2.63. The van der Waals surface area contributed by atoms with Gasteiger partial charge in [-0.15, -0.1) is 0 Å². The number of aromatic nitrogens is 4. The molecule has 0 saturated carbocycles. The highest BCUT2D eigenvalue weighted by atomic mass is 35.5. The lowest BCUT2D eigenvalue weighted by Gasteiger charge is -2.08. The van der Waals surface area contributed by atoms with Crippen molar-refractivity contribution in [2.45, 2.75) is 6.92 Å². The zero-order chi connectivity index (χ0) is 17.4. The maximum absolute atomic E-state index is 6.12. The summed E-state index contributed by atoms with van der Waals surface area (Å²) in [4.78, 5) is 8.71. The van der Waals surface area contributed by atoms with Gasteiger partial charge in [-0.25, -0.2) is 14.6 Å². The Balaban J connectivity index is 1.79. The molecule has 0 radical (unpaired) electrons. The molecule has 0 unspecified atom stereocenters. The van der Waals surface area contributed by atoms with E-state index in [0.717, 1.165) is 16.8 Å². The van der Waals surface area contributed by atoms with E-state index in [-0.39, 0.29) is 0 Å². The number of anilines is 2. The van der Waals surface area contributed by atoms with Crippen molar-refractivity contribution in [3.05, 3.63) is 70.6 Å². The normalized spacial score (nSPS) is 11.0. The average Bonchev–Trinajstić information content (AvgIpc) is 3.03. The van der Waals surface area contributed by atoms with Crippen LogP contribution in [0.5, 0.6) is 0 Å². The Kier molecular flexibility index (Phi) is 4.03. The van der Waals surface area contributed by atoms with Crippen molar-refractivity contribution in [1.82, 2.24) is 19.7 Å². The summed E-state index contributed by atoms with van der Waals surface area (Å²) in [7, 11) is 0. The van der Waals surface area contributed by atoms with Gasteiger partial charge in [0.25, 0.3) is 0 Å². The Morgan fingerprint density at radius 3 is 2.68 bits per heavy atom. The van der Waals surface area contributed by atoms with Crippen LogP contribution in [0.25, 0.3) is 16.7 Å². The molecule has 0 spiro atoms. The smallest absolute Gasteiger partial charge is 0.168 e. The van der Waals surface area contributed by atoms with Crippen molar-refractivity contribution >= 4 is 45.7 Å². The predicted octanol–water partition coefficient (Wildman–Crippen LogP) is 5.17. The number of nitrogens with one attached hydrogen (secondary N) is 1. The van der Waals surface area contributed by atoms with Crippen LogP contribution in [0.15, 0.2) is 55.0 Å². The van der Waals surface area contributed by atoms with Crippen molar-refractivity contribution in [3.8, 4) is 5.69 Å². The molecule has 4 aromatic rings. The van der Waals surface area contributed by atoms with Gasteiger partial charge < -0.3 is 5.32 Å². The Bertz CT molecular complexity index is 1070. The van der Waals surface area contributed by atoms with Gasteiger partial charge in [0, 0.05) is 5.69 Å². The van der Waals surface area contributed by atoms with Crippen molar-refractivity contribution in [2.24, 2.45) is 0 Å². The van der Waals surface area contributed by atoms with Gasteiger partial charge in [0.15, 0.2) is 5.65 Å². The number of nitrogens with zero attached hydrogens (tertiary/aromatic N) is 4. The van der Waals surface area contributed by atoms with Crippen LogP contribution in [0.3, 0.4) is 0 Å². The quantitative estimate of drug-likeness (QED) is 0.540. The first kappa shape index (κ1) is 15.9. The number of rotatable bonds is 3. The van der Waals surface area contributed by atoms with Crippen LogP contribution >= 0.6 is 23.2 Å². The van der Waals surface area contributed by atoms with E-state index >= 15 is 0 Å². The topological polar surface area (TPSA) is 55.6 Å². The first-order valence-electron chi connectivity index (χ1n) is 7.60. The Morgan fingerprint density at radius 2 is 1.88 bits per heavy atom. The van der Waals surface area contributed by atoms with Crippen LogP contribution in [0.4, 0.5) is 11.5 Å². The van der Waals surface area contributed by atoms with E-state index in [9.17, 15) is 0 Å². The van der Waals surface area contributed by atoms with Crippen LogP contribution < -0.4 is 5.32 Å². The third kappa shape index (κ3) is 3.04. The summed E-state index contributed by atoms with van der Waals surface area (Å²) < 4.78 is 1.71. The van der Waals surface area contributed by atoms with Gasteiger partial charge in [0.2, 0.25) is 0 Å². The molecule has 1 N–H and O–H groups in total. The lowest BCUT2D eigenvalue weighted by atomic mass is 10.2. The van der Waals surface area contributed by atoms with E-state index in [2.05, 4.69) is 26.4 Å². The minimum Gasteiger partial charge on any atom is -0.340 e. The largest absolute Gasteiger partial charge is 0.340 e. The molecule has 0 atom stereocenters. The molecule has 0 amide bonds. The Morgan fingerprint density at radius 1 is 1.00 bits per heavy atom. The first-order valence-corrected chi connectivity index (χ1v) is 8.35. The standard InChI is InChI=1S/C18H13Cl2N5/c1-11-3-2-4-12(7-11)24-17-14-9-23-25(18(14)22-10-21-17)13-5-6-15(19)16(20)8-13/h2-10H,1H3,(H,21,22,24). The van der Waals surface area contributed by atoms with Gasteiger partial charge in [-0.2, -0.15) is 5.10 Å². The molecule has 7 heteroatoms. The minimum absolute atomic E-state index is 0.468. The van der Waals surface area contributed by atoms with Gasteiger partial charge in [-0.3, -0.25) is 0 Å². The lowest BCUT2D eigenvalue weighted by molar-refractivity contribution is 0.895.